The number of halogens is 1. The maximum atomic E-state index is 8.51. The molecule has 1 aromatic rings. The number of ether oxygens (including phenoxy) is 1. The minimum absolute atomic E-state index is 0.0942. The molecule has 0 radical (unpaired) electrons. The van der Waals surface area contributed by atoms with Gasteiger partial charge in [-0.1, -0.05) is 0 Å². The first-order valence-electron chi connectivity index (χ1n) is 5.27. The molecule has 0 saturated heterocycles. The molecule has 0 aromatic carbocycles. The quantitative estimate of drug-likeness (QED) is 0.721. The maximum absolute atomic E-state index is 8.51. The van der Waals surface area contributed by atoms with Gasteiger partial charge in [0.1, 0.15) is 5.01 Å². The van der Waals surface area contributed by atoms with E-state index in [1.54, 1.807) is 11.3 Å². The molecule has 92 valence electrons. The van der Waals surface area contributed by atoms with Crippen molar-refractivity contribution in [2.75, 3.05) is 26.4 Å². The molecule has 0 bridgehead atoms. The van der Waals surface area contributed by atoms with Gasteiger partial charge in [-0.2, -0.15) is 0 Å². The van der Waals surface area contributed by atoms with E-state index in [4.69, 9.17) is 9.84 Å². The van der Waals surface area contributed by atoms with E-state index in [0.717, 1.165) is 21.8 Å². The normalized spacial score (nSPS) is 12.9. The fourth-order valence-corrected chi connectivity index (χ4v) is 2.48. The molecule has 1 heterocycles. The van der Waals surface area contributed by atoms with Crippen molar-refractivity contribution in [3.8, 4) is 0 Å². The van der Waals surface area contributed by atoms with Crippen molar-refractivity contribution in [3.63, 3.8) is 0 Å². The summed E-state index contributed by atoms with van der Waals surface area (Å²) in [5.74, 6) is 0. The number of rotatable bonds is 8. The third-order valence-electron chi connectivity index (χ3n) is 2.02. The summed E-state index contributed by atoms with van der Waals surface area (Å²) in [6.07, 6.45) is 2.76. The average Bonchev–Trinajstić information content (AvgIpc) is 2.70. The molecule has 0 aliphatic heterocycles. The lowest BCUT2D eigenvalue weighted by molar-refractivity contribution is 0.0904. The molecule has 2 N–H and O–H groups in total. The molecular weight excluding hydrogens is 292 g/mol. The Balaban J connectivity index is 2.09. The van der Waals surface area contributed by atoms with Gasteiger partial charge in [0.2, 0.25) is 0 Å². The van der Waals surface area contributed by atoms with E-state index < -0.39 is 0 Å². The highest BCUT2D eigenvalue weighted by atomic mass is 79.9. The predicted molar refractivity (Wildman–Crippen MR) is 68.8 cm³/mol. The Morgan fingerprint density at radius 1 is 1.62 bits per heavy atom. The first-order chi connectivity index (χ1) is 7.74. The number of thiazole rings is 1. The van der Waals surface area contributed by atoms with E-state index in [-0.39, 0.29) is 12.6 Å². The van der Waals surface area contributed by atoms with Crippen LogP contribution in [0.25, 0.3) is 0 Å². The first-order valence-corrected chi connectivity index (χ1v) is 6.88. The van der Waals surface area contributed by atoms with Crippen LogP contribution < -0.4 is 5.32 Å². The summed E-state index contributed by atoms with van der Waals surface area (Å²) in [6.45, 7) is 4.19. The maximum Gasteiger partial charge on any atom is 0.110 e. The molecule has 1 rings (SSSR count). The van der Waals surface area contributed by atoms with Crippen LogP contribution in [0.2, 0.25) is 0 Å². The summed E-state index contributed by atoms with van der Waals surface area (Å²) in [5.41, 5.74) is 0. The van der Waals surface area contributed by atoms with Gasteiger partial charge in [-0.3, -0.25) is 0 Å². The van der Waals surface area contributed by atoms with Crippen molar-refractivity contribution >= 4 is 27.3 Å². The minimum Gasteiger partial charge on any atom is -0.394 e. The molecule has 0 fully saturated rings. The van der Waals surface area contributed by atoms with Crippen LogP contribution >= 0.6 is 27.3 Å². The van der Waals surface area contributed by atoms with Gasteiger partial charge in [0.05, 0.1) is 29.2 Å². The summed E-state index contributed by atoms with van der Waals surface area (Å²) >= 11 is 5.04. The summed E-state index contributed by atoms with van der Waals surface area (Å²) in [5, 5.41) is 13.0. The number of hydrogen-bond acceptors (Lipinski definition) is 5. The van der Waals surface area contributed by atoms with Crippen LogP contribution in [0.5, 0.6) is 0 Å². The van der Waals surface area contributed by atoms with Gasteiger partial charge in [0.25, 0.3) is 0 Å². The number of nitrogens with one attached hydrogen (secondary N) is 1. The molecule has 0 aliphatic carbocycles. The summed E-state index contributed by atoms with van der Waals surface area (Å²) < 4.78 is 6.22. The van der Waals surface area contributed by atoms with Crippen LogP contribution in [0.15, 0.2) is 9.98 Å². The Bertz CT molecular complexity index is 296. The van der Waals surface area contributed by atoms with Gasteiger partial charge in [-0.25, -0.2) is 4.98 Å². The first kappa shape index (κ1) is 14.1. The highest BCUT2D eigenvalue weighted by Crippen LogP contribution is 2.23. The number of aromatic nitrogens is 1. The topological polar surface area (TPSA) is 54.4 Å². The van der Waals surface area contributed by atoms with Crippen LogP contribution in [-0.4, -0.2) is 36.5 Å². The molecule has 6 heteroatoms. The molecule has 1 aromatic heterocycles. The van der Waals surface area contributed by atoms with Crippen LogP contribution in [0.3, 0.4) is 0 Å². The largest absolute Gasteiger partial charge is 0.394 e. The fourth-order valence-electron chi connectivity index (χ4n) is 1.21. The van der Waals surface area contributed by atoms with Crippen LogP contribution in [0.1, 0.15) is 24.4 Å². The summed E-state index contributed by atoms with van der Waals surface area (Å²) in [7, 11) is 0. The highest BCUT2D eigenvalue weighted by Gasteiger charge is 2.08. The van der Waals surface area contributed by atoms with Gasteiger partial charge >= 0.3 is 0 Å². The average molecular weight is 309 g/mol. The van der Waals surface area contributed by atoms with E-state index >= 15 is 0 Å². The number of aliphatic hydroxyl groups is 1. The van der Waals surface area contributed by atoms with Crippen molar-refractivity contribution in [2.24, 2.45) is 0 Å². The third kappa shape index (κ3) is 5.36. The second-order valence-electron chi connectivity index (χ2n) is 3.37. The zero-order chi connectivity index (χ0) is 11.8. The molecular formula is C10H17BrN2O2S. The van der Waals surface area contributed by atoms with Gasteiger partial charge in [-0.05, 0) is 35.8 Å². The second kappa shape index (κ2) is 8.14. The zero-order valence-electron chi connectivity index (χ0n) is 9.28. The fraction of sp³-hybridized carbons (Fsp3) is 0.700. The Morgan fingerprint density at radius 2 is 2.44 bits per heavy atom. The Hall–Kier alpha value is -0.0100. The van der Waals surface area contributed by atoms with E-state index in [1.165, 1.54) is 0 Å². The lowest BCUT2D eigenvalue weighted by Crippen LogP contribution is -2.21. The molecule has 0 spiro atoms. The zero-order valence-corrected chi connectivity index (χ0v) is 11.7. The second-order valence-corrected chi connectivity index (χ2v) is 5.81. The molecule has 0 saturated carbocycles. The van der Waals surface area contributed by atoms with E-state index in [2.05, 4.69) is 33.2 Å². The van der Waals surface area contributed by atoms with E-state index in [9.17, 15) is 0 Å². The van der Waals surface area contributed by atoms with Crippen molar-refractivity contribution in [1.82, 2.24) is 10.3 Å². The molecule has 16 heavy (non-hydrogen) atoms. The smallest absolute Gasteiger partial charge is 0.110 e. The van der Waals surface area contributed by atoms with E-state index in [0.29, 0.717) is 13.2 Å². The van der Waals surface area contributed by atoms with Crippen LogP contribution in [0.4, 0.5) is 0 Å². The number of nitrogens with zero attached hydrogens (tertiary/aromatic N) is 1. The molecule has 4 nitrogen and oxygen atoms in total. The number of aliphatic hydroxyl groups excluding tert-OH is 1. The molecule has 1 atom stereocenters. The Kier molecular flexibility index (Phi) is 7.15. The molecule has 0 aliphatic rings. The minimum atomic E-state index is 0.0942. The SMILES string of the molecule is CC(NCCCOCCO)c1ncc(Br)s1. The monoisotopic (exact) mass is 308 g/mol. The summed E-state index contributed by atoms with van der Waals surface area (Å²) in [6, 6.07) is 0.272. The van der Waals surface area contributed by atoms with Gasteiger partial charge < -0.3 is 15.2 Å². The predicted octanol–water partition coefficient (Wildman–Crippen LogP) is 1.96. The van der Waals surface area contributed by atoms with Gasteiger partial charge in [0.15, 0.2) is 0 Å². The van der Waals surface area contributed by atoms with Gasteiger partial charge in [-0.15, -0.1) is 11.3 Å². The summed E-state index contributed by atoms with van der Waals surface area (Å²) in [4.78, 5) is 4.29. The van der Waals surface area contributed by atoms with Crippen LogP contribution in [0, 0.1) is 0 Å². The Morgan fingerprint density at radius 3 is 3.06 bits per heavy atom. The molecule has 1 unspecified atom stereocenters. The lowest BCUT2D eigenvalue weighted by atomic mass is 10.3. The number of hydrogen-bond donors (Lipinski definition) is 2. The lowest BCUT2D eigenvalue weighted by Gasteiger charge is -2.10. The van der Waals surface area contributed by atoms with Crippen molar-refractivity contribution in [3.05, 3.63) is 15.0 Å². The van der Waals surface area contributed by atoms with Crippen molar-refractivity contribution in [2.45, 2.75) is 19.4 Å². The standard InChI is InChI=1S/C10H17BrN2O2S/c1-8(10-13-7-9(11)16-10)12-3-2-5-15-6-4-14/h7-8,12,14H,2-6H2,1H3. The van der Waals surface area contributed by atoms with Crippen molar-refractivity contribution < 1.29 is 9.84 Å². The highest BCUT2D eigenvalue weighted by molar-refractivity contribution is 9.11. The van der Waals surface area contributed by atoms with E-state index in [1.807, 2.05) is 6.20 Å². The third-order valence-corrected chi connectivity index (χ3v) is 3.68. The van der Waals surface area contributed by atoms with Gasteiger partial charge in [0, 0.05) is 6.61 Å². The Labute approximate surface area is 108 Å². The van der Waals surface area contributed by atoms with Crippen LogP contribution in [-0.2, 0) is 4.74 Å². The molecule has 0 amide bonds. The van der Waals surface area contributed by atoms with Crippen molar-refractivity contribution in [1.29, 1.82) is 0 Å².